The Kier molecular flexibility index (Phi) is 2.49. The Morgan fingerprint density at radius 3 is 2.81 bits per heavy atom. The molecule has 0 radical (unpaired) electrons. The molecule has 0 aromatic heterocycles. The molecule has 1 atom stereocenters. The van der Waals surface area contributed by atoms with Gasteiger partial charge in [-0.25, -0.2) is 0 Å². The van der Waals surface area contributed by atoms with Crippen molar-refractivity contribution in [3.05, 3.63) is 34.3 Å². The molecule has 1 unspecified atom stereocenters. The number of fused-ring (bicyclic) bond motifs is 2. The molecule has 16 heavy (non-hydrogen) atoms. The minimum Gasteiger partial charge on any atom is -0.330 e. The van der Waals surface area contributed by atoms with E-state index in [4.69, 9.17) is 17.3 Å². The van der Waals surface area contributed by atoms with E-state index >= 15 is 0 Å². The molecule has 1 saturated carbocycles. The highest BCUT2D eigenvalue weighted by molar-refractivity contribution is 6.31. The van der Waals surface area contributed by atoms with Crippen LogP contribution in [0.25, 0.3) is 0 Å². The average Bonchev–Trinajstić information content (AvgIpc) is 2.55. The van der Waals surface area contributed by atoms with Crippen LogP contribution in [0.5, 0.6) is 0 Å². The maximum atomic E-state index is 6.40. The first kappa shape index (κ1) is 10.6. The summed E-state index contributed by atoms with van der Waals surface area (Å²) in [7, 11) is 0. The van der Waals surface area contributed by atoms with Gasteiger partial charge in [0.1, 0.15) is 0 Å². The van der Waals surface area contributed by atoms with Gasteiger partial charge in [0.2, 0.25) is 0 Å². The Morgan fingerprint density at radius 1 is 1.38 bits per heavy atom. The number of benzene rings is 1. The summed E-state index contributed by atoms with van der Waals surface area (Å²) >= 11 is 6.40. The van der Waals surface area contributed by atoms with Gasteiger partial charge in [0.05, 0.1) is 0 Å². The first-order valence-corrected chi connectivity index (χ1v) is 6.64. The van der Waals surface area contributed by atoms with E-state index in [2.05, 4.69) is 12.1 Å². The fourth-order valence-electron chi connectivity index (χ4n) is 3.64. The van der Waals surface area contributed by atoms with E-state index in [0.717, 1.165) is 18.0 Å². The molecule has 0 amide bonds. The zero-order chi connectivity index (χ0) is 11.2. The Balaban J connectivity index is 2.07. The van der Waals surface area contributed by atoms with Crippen LogP contribution in [-0.4, -0.2) is 6.54 Å². The van der Waals surface area contributed by atoms with Gasteiger partial charge in [-0.1, -0.05) is 30.2 Å². The summed E-state index contributed by atoms with van der Waals surface area (Å²) < 4.78 is 0. The fourth-order valence-corrected chi connectivity index (χ4v) is 4.02. The molecular weight excluding hydrogens is 218 g/mol. The van der Waals surface area contributed by atoms with Crippen molar-refractivity contribution in [1.82, 2.24) is 0 Å². The quantitative estimate of drug-likeness (QED) is 0.833. The van der Waals surface area contributed by atoms with Crippen molar-refractivity contribution >= 4 is 11.6 Å². The summed E-state index contributed by atoms with van der Waals surface area (Å²) in [6.07, 6.45) is 6.40. The molecule has 0 bridgehead atoms. The van der Waals surface area contributed by atoms with Crippen molar-refractivity contribution in [1.29, 1.82) is 0 Å². The zero-order valence-electron chi connectivity index (χ0n) is 9.51. The summed E-state index contributed by atoms with van der Waals surface area (Å²) in [6.45, 7) is 0.784. The van der Waals surface area contributed by atoms with E-state index in [-0.39, 0.29) is 0 Å². The van der Waals surface area contributed by atoms with Crippen molar-refractivity contribution in [2.45, 2.75) is 43.4 Å². The molecule has 0 aliphatic heterocycles. The Morgan fingerprint density at radius 2 is 2.19 bits per heavy atom. The van der Waals surface area contributed by atoms with Gasteiger partial charge in [-0.2, -0.15) is 0 Å². The second kappa shape index (κ2) is 3.75. The highest BCUT2D eigenvalue weighted by Gasteiger charge is 2.48. The molecule has 2 heteroatoms. The van der Waals surface area contributed by atoms with E-state index in [1.54, 1.807) is 0 Å². The van der Waals surface area contributed by atoms with Crippen LogP contribution in [0, 0.1) is 0 Å². The fraction of sp³-hybridized carbons (Fsp3) is 0.571. The molecular formula is C14H18ClN. The normalized spacial score (nSPS) is 25.5. The lowest BCUT2D eigenvalue weighted by atomic mass is 9.65. The second-order valence-electron chi connectivity index (χ2n) is 5.32. The van der Waals surface area contributed by atoms with Crippen molar-refractivity contribution in [3.63, 3.8) is 0 Å². The van der Waals surface area contributed by atoms with Crippen molar-refractivity contribution in [2.24, 2.45) is 5.73 Å². The van der Waals surface area contributed by atoms with Crippen LogP contribution in [-0.2, 0) is 5.41 Å². The molecule has 1 aromatic carbocycles. The third-order valence-electron chi connectivity index (χ3n) is 4.48. The second-order valence-corrected chi connectivity index (χ2v) is 5.72. The third-order valence-corrected chi connectivity index (χ3v) is 4.79. The van der Waals surface area contributed by atoms with Crippen LogP contribution >= 0.6 is 11.6 Å². The largest absolute Gasteiger partial charge is 0.330 e. The highest BCUT2D eigenvalue weighted by Crippen LogP contribution is 2.59. The summed E-state index contributed by atoms with van der Waals surface area (Å²) in [5.74, 6) is 0.652. The average molecular weight is 236 g/mol. The maximum Gasteiger partial charge on any atom is 0.0446 e. The zero-order valence-corrected chi connectivity index (χ0v) is 10.3. The van der Waals surface area contributed by atoms with Gasteiger partial charge in [0.25, 0.3) is 0 Å². The monoisotopic (exact) mass is 235 g/mol. The van der Waals surface area contributed by atoms with E-state index < -0.39 is 0 Å². The van der Waals surface area contributed by atoms with E-state index in [1.807, 2.05) is 6.07 Å². The summed E-state index contributed by atoms with van der Waals surface area (Å²) in [5.41, 5.74) is 9.09. The number of hydrogen-bond acceptors (Lipinski definition) is 1. The molecule has 86 valence electrons. The van der Waals surface area contributed by atoms with Crippen molar-refractivity contribution in [3.8, 4) is 0 Å². The van der Waals surface area contributed by atoms with Gasteiger partial charge in [-0.15, -0.1) is 0 Å². The molecule has 1 fully saturated rings. The molecule has 1 nitrogen and oxygen atoms in total. The van der Waals surface area contributed by atoms with Gasteiger partial charge in [0.15, 0.2) is 0 Å². The lowest BCUT2D eigenvalue weighted by Crippen LogP contribution is -2.32. The first-order chi connectivity index (χ1) is 7.77. The molecule has 3 rings (SSSR count). The van der Waals surface area contributed by atoms with Crippen molar-refractivity contribution < 1.29 is 0 Å². The van der Waals surface area contributed by atoms with Crippen LogP contribution in [0.2, 0.25) is 5.02 Å². The van der Waals surface area contributed by atoms with Gasteiger partial charge in [-0.05, 0) is 60.8 Å². The molecule has 2 aliphatic rings. The van der Waals surface area contributed by atoms with E-state index in [0.29, 0.717) is 11.3 Å². The summed E-state index contributed by atoms with van der Waals surface area (Å²) in [5, 5.41) is 0.983. The number of rotatable bonds is 2. The summed E-state index contributed by atoms with van der Waals surface area (Å²) in [4.78, 5) is 0. The van der Waals surface area contributed by atoms with E-state index in [1.165, 1.54) is 36.8 Å². The molecule has 1 aromatic rings. The van der Waals surface area contributed by atoms with E-state index in [9.17, 15) is 0 Å². The number of halogens is 1. The molecule has 1 spiro atoms. The minimum absolute atomic E-state index is 0.424. The predicted octanol–water partition coefficient (Wildman–Crippen LogP) is 3.60. The molecule has 2 N–H and O–H groups in total. The van der Waals surface area contributed by atoms with Crippen LogP contribution in [0.3, 0.4) is 0 Å². The van der Waals surface area contributed by atoms with Crippen LogP contribution in [0.4, 0.5) is 0 Å². The lowest BCUT2D eigenvalue weighted by Gasteiger charge is -2.40. The Bertz CT molecular complexity index is 409. The SMILES string of the molecule is NCCC1CC2(CCC2)c2c(Cl)cccc21. The Labute approximate surface area is 102 Å². The smallest absolute Gasteiger partial charge is 0.0446 e. The van der Waals surface area contributed by atoms with Crippen LogP contribution in [0.1, 0.15) is 49.1 Å². The van der Waals surface area contributed by atoms with Gasteiger partial charge in [0, 0.05) is 5.02 Å². The van der Waals surface area contributed by atoms with Crippen LogP contribution in [0.15, 0.2) is 18.2 Å². The standard InChI is InChI=1S/C14H18ClN/c15-12-4-1-3-11-10(5-8-16)9-14(13(11)12)6-2-7-14/h1,3-4,10H,2,5-9,16H2. The molecule has 0 saturated heterocycles. The minimum atomic E-state index is 0.424. The molecule has 2 aliphatic carbocycles. The number of nitrogens with two attached hydrogens (primary N) is 1. The maximum absolute atomic E-state index is 6.40. The highest BCUT2D eigenvalue weighted by atomic mass is 35.5. The van der Waals surface area contributed by atoms with Gasteiger partial charge < -0.3 is 5.73 Å². The van der Waals surface area contributed by atoms with Gasteiger partial charge >= 0.3 is 0 Å². The Hall–Kier alpha value is -0.530. The first-order valence-electron chi connectivity index (χ1n) is 6.26. The predicted molar refractivity (Wildman–Crippen MR) is 68.0 cm³/mol. The summed E-state index contributed by atoms with van der Waals surface area (Å²) in [6, 6.07) is 6.39. The third kappa shape index (κ3) is 1.34. The number of hydrogen-bond donors (Lipinski definition) is 1. The lowest BCUT2D eigenvalue weighted by molar-refractivity contribution is 0.231. The topological polar surface area (TPSA) is 26.0 Å². The van der Waals surface area contributed by atoms with Crippen LogP contribution < -0.4 is 5.73 Å². The molecule has 0 heterocycles. The van der Waals surface area contributed by atoms with Gasteiger partial charge in [-0.3, -0.25) is 0 Å². The van der Waals surface area contributed by atoms with Crippen molar-refractivity contribution in [2.75, 3.05) is 6.54 Å².